The highest BCUT2D eigenvalue weighted by Crippen LogP contribution is 2.49. The van der Waals surface area contributed by atoms with Crippen LogP contribution < -0.4 is 4.74 Å². The predicted octanol–water partition coefficient (Wildman–Crippen LogP) is 7.81. The summed E-state index contributed by atoms with van der Waals surface area (Å²) in [5.74, 6) is -0.208. The highest BCUT2D eigenvalue weighted by atomic mass is 16.5. The van der Waals surface area contributed by atoms with E-state index in [1.54, 1.807) is 6.07 Å². The summed E-state index contributed by atoms with van der Waals surface area (Å²) in [5, 5.41) is 14.8. The number of benzene rings is 5. The lowest BCUT2D eigenvalue weighted by atomic mass is 9.82. The summed E-state index contributed by atoms with van der Waals surface area (Å²) < 4.78 is 14.5. The molecule has 0 saturated carbocycles. The van der Waals surface area contributed by atoms with E-state index >= 15 is 0 Å². The lowest BCUT2D eigenvalue weighted by Gasteiger charge is -2.37. The van der Waals surface area contributed by atoms with E-state index in [-0.39, 0.29) is 11.3 Å². The molecule has 1 aliphatic rings. The van der Waals surface area contributed by atoms with Crippen molar-refractivity contribution in [2.24, 2.45) is 0 Å². The first kappa shape index (κ1) is 24.0. The molecule has 5 nitrogen and oxygen atoms in total. The molecule has 5 heteroatoms. The molecule has 0 bridgehead atoms. The zero-order valence-electron chi connectivity index (χ0n) is 22.2. The maximum Gasteiger partial charge on any atom is 0.342 e. The second kappa shape index (κ2) is 9.02. The van der Waals surface area contributed by atoms with Crippen molar-refractivity contribution in [1.82, 2.24) is 4.57 Å². The van der Waals surface area contributed by atoms with Crippen LogP contribution in [-0.2, 0) is 16.9 Å². The summed E-state index contributed by atoms with van der Waals surface area (Å²) in [4.78, 5) is 12.9. The van der Waals surface area contributed by atoms with E-state index in [9.17, 15) is 9.90 Å². The Labute approximate surface area is 231 Å². The first-order valence-electron chi connectivity index (χ1n) is 13.4. The standard InChI is InChI=1S/C35H27NO4/c1-3-36-29-16-10-9-13-24(29)25-18-17-23(21-30(25)36)35(22-11-5-4-6-12-22)20-19-28-31(34(38)39-2)32(37)26-14-7-8-15-27(26)33(28)40-35/h4-21,37H,3H2,1-2H3. The summed E-state index contributed by atoms with van der Waals surface area (Å²) in [6.45, 7) is 2.99. The van der Waals surface area contributed by atoms with Crippen molar-refractivity contribution in [2.45, 2.75) is 19.1 Å². The summed E-state index contributed by atoms with van der Waals surface area (Å²) in [7, 11) is 1.31. The molecule has 1 aromatic heterocycles. The molecule has 7 rings (SSSR count). The highest BCUT2D eigenvalue weighted by molar-refractivity contribution is 6.09. The SMILES string of the molecule is CCn1c2ccccc2c2ccc(C3(c4ccccc4)C=Cc4c(C(=O)OC)c(O)c5ccccc5c4O3)cc21. The van der Waals surface area contributed by atoms with E-state index < -0.39 is 11.6 Å². The molecule has 2 heterocycles. The van der Waals surface area contributed by atoms with Crippen LogP contribution in [0, 0.1) is 0 Å². The van der Waals surface area contributed by atoms with Gasteiger partial charge in [0.1, 0.15) is 17.1 Å². The van der Waals surface area contributed by atoms with Crippen LogP contribution in [0.15, 0.2) is 103 Å². The number of rotatable bonds is 4. The normalized spacial score (nSPS) is 16.2. The smallest absolute Gasteiger partial charge is 0.342 e. The number of aromatic nitrogens is 1. The molecule has 0 saturated heterocycles. The molecule has 0 radical (unpaired) electrons. The fourth-order valence-corrected chi connectivity index (χ4v) is 6.17. The Bertz CT molecular complexity index is 1990. The van der Waals surface area contributed by atoms with Crippen molar-refractivity contribution in [3.63, 3.8) is 0 Å². The van der Waals surface area contributed by atoms with Crippen LogP contribution in [-0.4, -0.2) is 22.8 Å². The minimum absolute atomic E-state index is 0.0932. The first-order chi connectivity index (χ1) is 19.6. The molecule has 1 N–H and O–H groups in total. The Morgan fingerprint density at radius 2 is 1.50 bits per heavy atom. The number of aromatic hydroxyl groups is 1. The van der Waals surface area contributed by atoms with Crippen LogP contribution in [0.5, 0.6) is 11.5 Å². The van der Waals surface area contributed by atoms with Gasteiger partial charge in [0.05, 0.1) is 7.11 Å². The zero-order chi connectivity index (χ0) is 27.4. The van der Waals surface area contributed by atoms with Crippen molar-refractivity contribution < 1.29 is 19.4 Å². The second-order valence-corrected chi connectivity index (χ2v) is 10.0. The van der Waals surface area contributed by atoms with Gasteiger partial charge in [-0.3, -0.25) is 0 Å². The maximum absolute atomic E-state index is 12.9. The molecule has 0 aliphatic carbocycles. The minimum atomic E-state index is -0.982. The van der Waals surface area contributed by atoms with E-state index in [0.29, 0.717) is 16.7 Å². The summed E-state index contributed by atoms with van der Waals surface area (Å²) >= 11 is 0. The van der Waals surface area contributed by atoms with E-state index in [2.05, 4.69) is 66.1 Å². The van der Waals surface area contributed by atoms with Crippen LogP contribution in [0.4, 0.5) is 0 Å². The molecule has 40 heavy (non-hydrogen) atoms. The average Bonchev–Trinajstić information content (AvgIpc) is 3.34. The van der Waals surface area contributed by atoms with Gasteiger partial charge in [0.25, 0.3) is 0 Å². The van der Waals surface area contributed by atoms with Gasteiger partial charge in [-0.25, -0.2) is 4.79 Å². The van der Waals surface area contributed by atoms with Crippen molar-refractivity contribution in [2.75, 3.05) is 7.11 Å². The fraction of sp³-hybridized carbons (Fsp3) is 0.114. The van der Waals surface area contributed by atoms with E-state index in [4.69, 9.17) is 9.47 Å². The Hall–Kier alpha value is -5.03. The minimum Gasteiger partial charge on any atom is -0.506 e. The molecule has 0 amide bonds. The van der Waals surface area contributed by atoms with Gasteiger partial charge in [0.15, 0.2) is 5.60 Å². The lowest BCUT2D eigenvalue weighted by Crippen LogP contribution is -2.34. The molecule has 5 aromatic carbocycles. The van der Waals surface area contributed by atoms with Crippen LogP contribution in [0.2, 0.25) is 0 Å². The molecular formula is C35H27NO4. The number of ether oxygens (including phenoxy) is 2. The topological polar surface area (TPSA) is 60.7 Å². The van der Waals surface area contributed by atoms with Gasteiger partial charge < -0.3 is 19.1 Å². The van der Waals surface area contributed by atoms with Gasteiger partial charge in [0.2, 0.25) is 0 Å². The third-order valence-electron chi connectivity index (χ3n) is 8.04. The maximum atomic E-state index is 12.9. The number of hydrogen-bond donors (Lipinski definition) is 1. The quantitative estimate of drug-likeness (QED) is 0.239. The van der Waals surface area contributed by atoms with Gasteiger partial charge in [0, 0.05) is 55.8 Å². The number of esters is 1. The number of nitrogens with zero attached hydrogens (tertiary/aromatic N) is 1. The summed E-state index contributed by atoms with van der Waals surface area (Å²) in [6, 6.07) is 32.5. The van der Waals surface area contributed by atoms with Crippen molar-refractivity contribution in [1.29, 1.82) is 0 Å². The second-order valence-electron chi connectivity index (χ2n) is 10.0. The number of fused-ring (bicyclic) bond motifs is 6. The van der Waals surface area contributed by atoms with Gasteiger partial charge in [-0.2, -0.15) is 0 Å². The Morgan fingerprint density at radius 3 is 2.25 bits per heavy atom. The van der Waals surface area contributed by atoms with Gasteiger partial charge in [-0.1, -0.05) is 84.9 Å². The monoisotopic (exact) mass is 525 g/mol. The van der Waals surface area contributed by atoms with Crippen LogP contribution in [0.1, 0.15) is 34.0 Å². The number of carbonyl (C=O) groups is 1. The highest BCUT2D eigenvalue weighted by Gasteiger charge is 2.40. The Kier molecular flexibility index (Phi) is 5.42. The van der Waals surface area contributed by atoms with Crippen LogP contribution in [0.25, 0.3) is 38.7 Å². The van der Waals surface area contributed by atoms with E-state index in [1.807, 2.05) is 48.6 Å². The van der Waals surface area contributed by atoms with Crippen molar-refractivity contribution in [3.8, 4) is 11.5 Å². The van der Waals surface area contributed by atoms with Crippen molar-refractivity contribution in [3.05, 3.63) is 125 Å². The molecule has 196 valence electrons. The Morgan fingerprint density at radius 1 is 0.825 bits per heavy atom. The third kappa shape index (κ3) is 3.31. The zero-order valence-corrected chi connectivity index (χ0v) is 22.2. The Balaban J connectivity index is 1.54. The van der Waals surface area contributed by atoms with Crippen molar-refractivity contribution >= 4 is 44.6 Å². The summed E-state index contributed by atoms with van der Waals surface area (Å²) in [6.07, 6.45) is 3.86. The molecule has 6 aromatic rings. The number of carbonyl (C=O) groups excluding carboxylic acids is 1. The average molecular weight is 526 g/mol. The first-order valence-corrected chi connectivity index (χ1v) is 13.4. The van der Waals surface area contributed by atoms with Crippen LogP contribution >= 0.6 is 0 Å². The number of methoxy groups -OCH3 is 1. The molecule has 1 aliphatic heterocycles. The largest absolute Gasteiger partial charge is 0.506 e. The number of phenolic OH excluding ortho intramolecular Hbond substituents is 1. The third-order valence-corrected chi connectivity index (χ3v) is 8.04. The number of phenols is 1. The van der Waals surface area contributed by atoms with Crippen LogP contribution in [0.3, 0.4) is 0 Å². The van der Waals surface area contributed by atoms with Gasteiger partial charge in [-0.15, -0.1) is 0 Å². The van der Waals surface area contributed by atoms with Gasteiger partial charge >= 0.3 is 5.97 Å². The van der Waals surface area contributed by atoms with Gasteiger partial charge in [-0.05, 0) is 31.2 Å². The predicted molar refractivity (Wildman–Crippen MR) is 159 cm³/mol. The number of hydrogen-bond acceptors (Lipinski definition) is 4. The molecular weight excluding hydrogens is 498 g/mol. The number of aryl methyl sites for hydroxylation is 1. The number of para-hydroxylation sites is 1. The molecule has 1 unspecified atom stereocenters. The fourth-order valence-electron chi connectivity index (χ4n) is 6.17. The molecule has 1 atom stereocenters. The molecule has 0 fully saturated rings. The summed E-state index contributed by atoms with van der Waals surface area (Å²) in [5.41, 5.74) is 3.85. The lowest BCUT2D eigenvalue weighted by molar-refractivity contribution is 0.0596. The van der Waals surface area contributed by atoms with E-state index in [1.165, 1.54) is 23.4 Å². The van der Waals surface area contributed by atoms with E-state index in [0.717, 1.165) is 28.6 Å². The molecule has 0 spiro atoms.